The number of methoxy groups -OCH3 is 3. The summed E-state index contributed by atoms with van der Waals surface area (Å²) in [5.41, 5.74) is 2.58. The van der Waals surface area contributed by atoms with Crippen molar-refractivity contribution in [3.8, 4) is 11.5 Å². The number of hydrogen-bond donors (Lipinski definition) is 1. The minimum Gasteiger partial charge on any atom is -0.497 e. The van der Waals surface area contributed by atoms with Gasteiger partial charge in [0.1, 0.15) is 11.5 Å². The highest BCUT2D eigenvalue weighted by molar-refractivity contribution is 5.73. The zero-order valence-corrected chi connectivity index (χ0v) is 18.4. The Morgan fingerprint density at radius 1 is 1.12 bits per heavy atom. The normalized spacial score (nSPS) is 16.4. The van der Waals surface area contributed by atoms with Crippen molar-refractivity contribution in [3.05, 3.63) is 47.8 Å². The van der Waals surface area contributed by atoms with Gasteiger partial charge in [-0.15, -0.1) is 0 Å². The number of ether oxygens (including phenoxy) is 3. The van der Waals surface area contributed by atoms with Crippen molar-refractivity contribution >= 4 is 5.97 Å². The van der Waals surface area contributed by atoms with E-state index in [4.69, 9.17) is 24.1 Å². The van der Waals surface area contributed by atoms with Gasteiger partial charge in [-0.3, -0.25) is 4.90 Å². The van der Waals surface area contributed by atoms with E-state index in [1.165, 1.54) is 11.3 Å². The highest BCUT2D eigenvalue weighted by Crippen LogP contribution is 2.26. The predicted molar refractivity (Wildman–Crippen MR) is 112 cm³/mol. The number of benzene rings is 1. The second-order valence-corrected chi connectivity index (χ2v) is 7.49. The number of alkyl halides is 3. The average molecular weight is 458 g/mol. The van der Waals surface area contributed by atoms with Crippen LogP contribution < -0.4 is 9.47 Å². The van der Waals surface area contributed by atoms with E-state index < -0.39 is 12.1 Å². The smallest absolute Gasteiger partial charge is 0.490 e. The SMILES string of the molecule is COCCC1CN(Cc2cc(OC)cc(OC)c2)Cc2cccn2C1.O=C(O)C(F)(F)F. The molecule has 1 aliphatic heterocycles. The number of rotatable bonds is 7. The van der Waals surface area contributed by atoms with Gasteiger partial charge in [-0.05, 0) is 42.2 Å². The van der Waals surface area contributed by atoms with Crippen LogP contribution in [-0.2, 0) is 29.2 Å². The zero-order chi connectivity index (χ0) is 23.7. The van der Waals surface area contributed by atoms with Gasteiger partial charge < -0.3 is 23.9 Å². The lowest BCUT2D eigenvalue weighted by atomic mass is 10.1. The van der Waals surface area contributed by atoms with Crippen LogP contribution in [0.15, 0.2) is 36.5 Å². The van der Waals surface area contributed by atoms with Crippen LogP contribution in [0.25, 0.3) is 0 Å². The summed E-state index contributed by atoms with van der Waals surface area (Å²) in [5.74, 6) is -0.499. The Balaban J connectivity index is 0.000000451. The molecule has 0 spiro atoms. The molecule has 10 heteroatoms. The molecule has 1 aromatic heterocycles. The summed E-state index contributed by atoms with van der Waals surface area (Å²) in [6.07, 6.45) is -1.82. The molecule has 0 amide bonds. The number of aliphatic carboxylic acids is 1. The van der Waals surface area contributed by atoms with Crippen LogP contribution in [0.1, 0.15) is 17.7 Å². The third-order valence-electron chi connectivity index (χ3n) is 5.07. The fraction of sp³-hybridized carbons (Fsp3) is 0.500. The van der Waals surface area contributed by atoms with Gasteiger partial charge in [-0.2, -0.15) is 13.2 Å². The van der Waals surface area contributed by atoms with Gasteiger partial charge in [0.2, 0.25) is 0 Å². The van der Waals surface area contributed by atoms with Crippen molar-refractivity contribution in [2.24, 2.45) is 5.92 Å². The van der Waals surface area contributed by atoms with E-state index in [9.17, 15) is 13.2 Å². The van der Waals surface area contributed by atoms with Crippen LogP contribution in [-0.4, -0.2) is 61.2 Å². The lowest BCUT2D eigenvalue weighted by Crippen LogP contribution is -2.28. The second kappa shape index (κ2) is 11.8. The molecule has 1 aliphatic rings. The van der Waals surface area contributed by atoms with E-state index in [0.717, 1.165) is 50.7 Å². The first kappa shape index (κ1) is 25.5. The number of fused-ring (bicyclic) bond motifs is 1. The molecule has 0 saturated heterocycles. The number of aromatic nitrogens is 1. The Bertz CT molecular complexity index is 847. The monoisotopic (exact) mass is 458 g/mol. The number of carboxylic acid groups (broad SMARTS) is 1. The van der Waals surface area contributed by atoms with Gasteiger partial charge >= 0.3 is 12.1 Å². The Morgan fingerprint density at radius 3 is 2.28 bits per heavy atom. The van der Waals surface area contributed by atoms with Gasteiger partial charge in [-0.1, -0.05) is 0 Å². The highest BCUT2D eigenvalue weighted by Gasteiger charge is 2.38. The molecule has 7 nitrogen and oxygen atoms in total. The molecule has 0 saturated carbocycles. The molecule has 2 heterocycles. The maximum Gasteiger partial charge on any atom is 0.490 e. The molecule has 32 heavy (non-hydrogen) atoms. The van der Waals surface area contributed by atoms with E-state index in [1.54, 1.807) is 21.3 Å². The summed E-state index contributed by atoms with van der Waals surface area (Å²) in [4.78, 5) is 11.4. The van der Waals surface area contributed by atoms with Gasteiger partial charge in [0.05, 0.1) is 14.2 Å². The van der Waals surface area contributed by atoms with Crippen LogP contribution >= 0.6 is 0 Å². The first-order valence-corrected chi connectivity index (χ1v) is 10.0. The van der Waals surface area contributed by atoms with Crippen molar-refractivity contribution in [3.63, 3.8) is 0 Å². The van der Waals surface area contributed by atoms with E-state index in [2.05, 4.69) is 39.9 Å². The van der Waals surface area contributed by atoms with Crippen LogP contribution in [0.2, 0.25) is 0 Å². The van der Waals surface area contributed by atoms with E-state index >= 15 is 0 Å². The molecule has 1 atom stereocenters. The third kappa shape index (κ3) is 7.76. The number of hydrogen-bond acceptors (Lipinski definition) is 5. The standard InChI is InChI=1S/C20H28N2O3.C2HF3O2/c1-23-8-6-16-12-21(15-18-5-4-7-22(18)14-16)13-17-9-19(24-2)11-20(10-17)25-3;3-2(4,5)1(6)7/h4-5,7,9-11,16H,6,8,12-15H2,1-3H3;(H,6,7). The molecule has 0 bridgehead atoms. The van der Waals surface area contributed by atoms with Gasteiger partial charge in [-0.25, -0.2) is 4.79 Å². The van der Waals surface area contributed by atoms with Crippen LogP contribution in [0, 0.1) is 5.92 Å². The molecule has 1 N–H and O–H groups in total. The van der Waals surface area contributed by atoms with Crippen LogP contribution in [0.5, 0.6) is 11.5 Å². The van der Waals surface area contributed by atoms with E-state index in [1.807, 2.05) is 6.07 Å². The lowest BCUT2D eigenvalue weighted by molar-refractivity contribution is -0.192. The molecule has 0 radical (unpaired) electrons. The Labute approximate surface area is 185 Å². The van der Waals surface area contributed by atoms with Crippen molar-refractivity contribution in [2.45, 2.75) is 32.2 Å². The Kier molecular flexibility index (Phi) is 9.40. The molecule has 3 rings (SSSR count). The molecule has 2 aromatic rings. The summed E-state index contributed by atoms with van der Waals surface area (Å²) < 4.78 is 50.2. The zero-order valence-electron chi connectivity index (χ0n) is 18.4. The van der Waals surface area contributed by atoms with Crippen molar-refractivity contribution in [2.75, 3.05) is 34.5 Å². The molecule has 178 valence electrons. The summed E-state index contributed by atoms with van der Waals surface area (Å²) in [5, 5.41) is 7.12. The number of carboxylic acids is 1. The maximum absolute atomic E-state index is 10.6. The third-order valence-corrected chi connectivity index (χ3v) is 5.07. The van der Waals surface area contributed by atoms with E-state index in [-0.39, 0.29) is 0 Å². The minimum absolute atomic E-state index is 0.584. The first-order valence-electron chi connectivity index (χ1n) is 10.0. The summed E-state index contributed by atoms with van der Waals surface area (Å²) in [7, 11) is 5.16. The molecule has 1 unspecified atom stereocenters. The quantitative estimate of drug-likeness (QED) is 0.681. The highest BCUT2D eigenvalue weighted by atomic mass is 19.4. The van der Waals surface area contributed by atoms with Crippen molar-refractivity contribution < 1.29 is 37.3 Å². The van der Waals surface area contributed by atoms with Crippen LogP contribution in [0.3, 0.4) is 0 Å². The van der Waals surface area contributed by atoms with E-state index in [0.29, 0.717) is 5.92 Å². The maximum atomic E-state index is 10.6. The van der Waals surface area contributed by atoms with Gasteiger partial charge in [0.15, 0.2) is 0 Å². The molecule has 1 aromatic carbocycles. The first-order chi connectivity index (χ1) is 15.2. The fourth-order valence-electron chi connectivity index (χ4n) is 3.57. The topological polar surface area (TPSA) is 73.2 Å². The molecule has 0 fully saturated rings. The largest absolute Gasteiger partial charge is 0.497 e. The average Bonchev–Trinajstić information content (AvgIpc) is 3.10. The fourth-order valence-corrected chi connectivity index (χ4v) is 3.57. The van der Waals surface area contributed by atoms with Gasteiger partial charge in [0.25, 0.3) is 0 Å². The summed E-state index contributed by atoms with van der Waals surface area (Å²) in [6.45, 7) is 4.76. The second-order valence-electron chi connectivity index (χ2n) is 7.49. The minimum atomic E-state index is -5.08. The Hall–Kier alpha value is -2.72. The molecular formula is C22H29F3N2O5. The molecular weight excluding hydrogens is 429 g/mol. The van der Waals surface area contributed by atoms with Crippen molar-refractivity contribution in [1.82, 2.24) is 9.47 Å². The van der Waals surface area contributed by atoms with Crippen molar-refractivity contribution in [1.29, 1.82) is 0 Å². The summed E-state index contributed by atoms with van der Waals surface area (Å²) >= 11 is 0. The van der Waals surface area contributed by atoms with Gasteiger partial charge in [0, 0.05) is 57.9 Å². The predicted octanol–water partition coefficient (Wildman–Crippen LogP) is 3.81. The van der Waals surface area contributed by atoms with Crippen LogP contribution in [0.4, 0.5) is 13.2 Å². The number of halogens is 3. The lowest BCUT2D eigenvalue weighted by Gasteiger charge is -2.24. The Morgan fingerprint density at radius 2 is 1.75 bits per heavy atom. The number of carbonyl (C=O) groups is 1. The number of nitrogens with zero attached hydrogens (tertiary/aromatic N) is 2. The molecule has 0 aliphatic carbocycles. The summed E-state index contributed by atoms with van der Waals surface area (Å²) in [6, 6.07) is 10.5.